The first-order valence-electron chi connectivity index (χ1n) is 5.88. The molecule has 0 atom stereocenters. The highest BCUT2D eigenvalue weighted by atomic mass is 19.1. The average Bonchev–Trinajstić information content (AvgIpc) is 2.41. The van der Waals surface area contributed by atoms with Crippen LogP contribution in [0.5, 0.6) is 0 Å². The summed E-state index contributed by atoms with van der Waals surface area (Å²) in [5.74, 6) is -0.198. The molecule has 2 aromatic rings. The molecular formula is C15H16FNO. The Hall–Kier alpha value is -1.87. The van der Waals surface area contributed by atoms with E-state index in [4.69, 9.17) is 5.11 Å². The van der Waals surface area contributed by atoms with E-state index in [0.29, 0.717) is 12.1 Å². The summed E-state index contributed by atoms with van der Waals surface area (Å²) in [6.07, 6.45) is 0. The molecule has 0 radical (unpaired) electrons. The predicted octanol–water partition coefficient (Wildman–Crippen LogP) is 3.24. The lowest BCUT2D eigenvalue weighted by Gasteiger charge is -2.10. The van der Waals surface area contributed by atoms with Crippen LogP contribution in [0.2, 0.25) is 0 Å². The number of aliphatic hydroxyl groups is 1. The number of rotatable bonds is 4. The fourth-order valence-corrected chi connectivity index (χ4v) is 1.76. The van der Waals surface area contributed by atoms with Gasteiger partial charge in [-0.2, -0.15) is 0 Å². The van der Waals surface area contributed by atoms with Crippen molar-refractivity contribution in [3.05, 3.63) is 65.0 Å². The van der Waals surface area contributed by atoms with Gasteiger partial charge in [0.15, 0.2) is 0 Å². The molecule has 0 bridgehead atoms. The van der Waals surface area contributed by atoms with E-state index in [1.165, 1.54) is 6.07 Å². The van der Waals surface area contributed by atoms with Gasteiger partial charge in [-0.3, -0.25) is 0 Å². The zero-order valence-corrected chi connectivity index (χ0v) is 10.3. The van der Waals surface area contributed by atoms with Crippen molar-refractivity contribution in [3.8, 4) is 0 Å². The summed E-state index contributed by atoms with van der Waals surface area (Å²) < 4.78 is 13.3. The molecule has 0 aromatic heterocycles. The molecule has 0 aliphatic carbocycles. The fourth-order valence-electron chi connectivity index (χ4n) is 1.76. The molecule has 0 amide bonds. The summed E-state index contributed by atoms with van der Waals surface area (Å²) >= 11 is 0. The molecule has 2 N–H and O–H groups in total. The van der Waals surface area contributed by atoms with Gasteiger partial charge in [0.05, 0.1) is 6.61 Å². The molecule has 0 saturated carbocycles. The highest BCUT2D eigenvalue weighted by Gasteiger charge is 2.02. The van der Waals surface area contributed by atoms with Crippen LogP contribution in [0, 0.1) is 12.7 Å². The Bertz CT molecular complexity index is 523. The zero-order valence-electron chi connectivity index (χ0n) is 10.3. The first-order valence-corrected chi connectivity index (χ1v) is 5.88. The second kappa shape index (κ2) is 5.65. The number of hydrogen-bond acceptors (Lipinski definition) is 2. The molecule has 0 unspecified atom stereocenters. The number of benzene rings is 2. The second-order valence-electron chi connectivity index (χ2n) is 4.24. The molecule has 0 heterocycles. The van der Waals surface area contributed by atoms with Crippen molar-refractivity contribution in [3.63, 3.8) is 0 Å². The van der Waals surface area contributed by atoms with Crippen LogP contribution in [0.15, 0.2) is 42.5 Å². The van der Waals surface area contributed by atoms with E-state index >= 15 is 0 Å². The van der Waals surface area contributed by atoms with Gasteiger partial charge in [-0.05, 0) is 30.2 Å². The lowest BCUT2D eigenvalue weighted by Crippen LogP contribution is -2.02. The summed E-state index contributed by atoms with van der Waals surface area (Å²) in [6, 6.07) is 12.7. The minimum absolute atomic E-state index is 0.0523. The Labute approximate surface area is 106 Å². The summed E-state index contributed by atoms with van der Waals surface area (Å²) in [7, 11) is 0. The van der Waals surface area contributed by atoms with Gasteiger partial charge in [0.2, 0.25) is 0 Å². The van der Waals surface area contributed by atoms with Crippen molar-refractivity contribution in [2.24, 2.45) is 0 Å². The van der Waals surface area contributed by atoms with Crippen LogP contribution in [0.25, 0.3) is 0 Å². The van der Waals surface area contributed by atoms with Crippen LogP contribution < -0.4 is 5.32 Å². The standard InChI is InChI=1S/C15H16FNO/c1-11-14(16)3-2-4-15(11)17-9-12-5-7-13(10-18)8-6-12/h2-8,17-18H,9-10H2,1H3. The second-order valence-corrected chi connectivity index (χ2v) is 4.24. The lowest BCUT2D eigenvalue weighted by molar-refractivity contribution is 0.282. The quantitative estimate of drug-likeness (QED) is 0.866. The molecule has 0 aliphatic rings. The molecule has 18 heavy (non-hydrogen) atoms. The average molecular weight is 245 g/mol. The normalized spacial score (nSPS) is 10.4. The maximum atomic E-state index is 13.3. The number of hydrogen-bond donors (Lipinski definition) is 2. The van der Waals surface area contributed by atoms with Gasteiger partial charge in [-0.15, -0.1) is 0 Å². The summed E-state index contributed by atoms with van der Waals surface area (Å²) in [4.78, 5) is 0. The van der Waals surface area contributed by atoms with Crippen molar-refractivity contribution in [2.45, 2.75) is 20.1 Å². The van der Waals surface area contributed by atoms with E-state index in [9.17, 15) is 4.39 Å². The monoisotopic (exact) mass is 245 g/mol. The minimum atomic E-state index is -0.198. The zero-order chi connectivity index (χ0) is 13.0. The van der Waals surface area contributed by atoms with Crippen molar-refractivity contribution >= 4 is 5.69 Å². The maximum absolute atomic E-state index is 13.3. The van der Waals surface area contributed by atoms with E-state index in [2.05, 4.69) is 5.32 Å². The highest BCUT2D eigenvalue weighted by molar-refractivity contribution is 5.51. The highest BCUT2D eigenvalue weighted by Crippen LogP contribution is 2.18. The fraction of sp³-hybridized carbons (Fsp3) is 0.200. The molecule has 2 nitrogen and oxygen atoms in total. The third kappa shape index (κ3) is 2.87. The molecule has 0 fully saturated rings. The van der Waals surface area contributed by atoms with Crippen LogP contribution in [0.4, 0.5) is 10.1 Å². The molecule has 3 heteroatoms. The van der Waals surface area contributed by atoms with E-state index in [1.807, 2.05) is 30.3 Å². The number of aliphatic hydroxyl groups excluding tert-OH is 1. The Balaban J connectivity index is 2.04. The van der Waals surface area contributed by atoms with Crippen molar-refractivity contribution < 1.29 is 9.50 Å². The van der Waals surface area contributed by atoms with Crippen LogP contribution in [-0.4, -0.2) is 5.11 Å². The first kappa shape index (κ1) is 12.6. The van der Waals surface area contributed by atoms with Crippen molar-refractivity contribution in [1.29, 1.82) is 0 Å². The number of nitrogens with one attached hydrogen (secondary N) is 1. The van der Waals surface area contributed by atoms with Gasteiger partial charge >= 0.3 is 0 Å². The Kier molecular flexibility index (Phi) is 3.95. The summed E-state index contributed by atoms with van der Waals surface area (Å²) in [6.45, 7) is 2.44. The number of anilines is 1. The molecule has 94 valence electrons. The number of halogens is 1. The van der Waals surface area contributed by atoms with Gasteiger partial charge < -0.3 is 10.4 Å². The van der Waals surface area contributed by atoms with Crippen LogP contribution in [0.1, 0.15) is 16.7 Å². The van der Waals surface area contributed by atoms with E-state index in [-0.39, 0.29) is 12.4 Å². The molecule has 2 aromatic carbocycles. The lowest BCUT2D eigenvalue weighted by atomic mass is 10.1. The predicted molar refractivity (Wildman–Crippen MR) is 70.8 cm³/mol. The molecule has 2 rings (SSSR count). The van der Waals surface area contributed by atoms with Crippen molar-refractivity contribution in [1.82, 2.24) is 0 Å². The molecule has 0 saturated heterocycles. The van der Waals surface area contributed by atoms with E-state index in [0.717, 1.165) is 16.8 Å². The van der Waals surface area contributed by atoms with Gasteiger partial charge in [0, 0.05) is 17.8 Å². The maximum Gasteiger partial charge on any atom is 0.128 e. The molecular weight excluding hydrogens is 229 g/mol. The van der Waals surface area contributed by atoms with Gasteiger partial charge in [0.1, 0.15) is 5.82 Å². The topological polar surface area (TPSA) is 32.3 Å². The van der Waals surface area contributed by atoms with Crippen LogP contribution in [-0.2, 0) is 13.2 Å². The van der Waals surface area contributed by atoms with Crippen LogP contribution in [0.3, 0.4) is 0 Å². The van der Waals surface area contributed by atoms with Crippen LogP contribution >= 0.6 is 0 Å². The SMILES string of the molecule is Cc1c(F)cccc1NCc1ccc(CO)cc1. The van der Waals surface area contributed by atoms with E-state index in [1.54, 1.807) is 13.0 Å². The minimum Gasteiger partial charge on any atom is -0.392 e. The van der Waals surface area contributed by atoms with Crippen molar-refractivity contribution in [2.75, 3.05) is 5.32 Å². The first-order chi connectivity index (χ1) is 8.70. The molecule has 0 spiro atoms. The third-order valence-electron chi connectivity index (χ3n) is 2.96. The molecule has 0 aliphatic heterocycles. The summed E-state index contributed by atoms with van der Waals surface area (Å²) in [5.41, 5.74) is 3.42. The van der Waals surface area contributed by atoms with Gasteiger partial charge in [-0.1, -0.05) is 30.3 Å². The van der Waals surface area contributed by atoms with E-state index < -0.39 is 0 Å². The largest absolute Gasteiger partial charge is 0.392 e. The van der Waals surface area contributed by atoms with Gasteiger partial charge in [-0.25, -0.2) is 4.39 Å². The summed E-state index contributed by atoms with van der Waals surface area (Å²) in [5, 5.41) is 12.2. The Morgan fingerprint density at radius 1 is 1.06 bits per heavy atom. The Morgan fingerprint density at radius 3 is 2.39 bits per heavy atom. The Morgan fingerprint density at radius 2 is 1.72 bits per heavy atom. The smallest absolute Gasteiger partial charge is 0.128 e. The third-order valence-corrected chi connectivity index (χ3v) is 2.96. The van der Waals surface area contributed by atoms with Gasteiger partial charge in [0.25, 0.3) is 0 Å².